The summed E-state index contributed by atoms with van der Waals surface area (Å²) in [5.74, 6) is 0.637. The van der Waals surface area contributed by atoms with E-state index in [9.17, 15) is 8.42 Å². The van der Waals surface area contributed by atoms with Crippen LogP contribution in [0.5, 0.6) is 0 Å². The quantitative estimate of drug-likeness (QED) is 0.678. The summed E-state index contributed by atoms with van der Waals surface area (Å²) in [4.78, 5) is 8.63. The lowest BCUT2D eigenvalue weighted by atomic mass is 10.2. The van der Waals surface area contributed by atoms with Crippen LogP contribution in [0.1, 0.15) is 17.6 Å². The van der Waals surface area contributed by atoms with Crippen molar-refractivity contribution >= 4 is 10.0 Å². The molecule has 8 nitrogen and oxygen atoms in total. The molecule has 1 aliphatic rings. The third kappa shape index (κ3) is 3.61. The Balaban J connectivity index is 1.55. The molecule has 0 amide bonds. The minimum Gasteiger partial charge on any atom is -0.366 e. The molecule has 0 unspecified atom stereocenters. The lowest BCUT2D eigenvalue weighted by Gasteiger charge is -2.30. The van der Waals surface area contributed by atoms with Gasteiger partial charge in [0.2, 0.25) is 15.8 Å². The van der Waals surface area contributed by atoms with Crippen molar-refractivity contribution in [2.75, 3.05) is 19.7 Å². The molecule has 27 heavy (non-hydrogen) atoms. The minimum absolute atomic E-state index is 0.116. The monoisotopic (exact) mass is 386 g/mol. The van der Waals surface area contributed by atoms with Crippen molar-refractivity contribution in [1.82, 2.24) is 19.4 Å². The predicted octanol–water partition coefficient (Wildman–Crippen LogP) is 2.20. The molecular weight excluding hydrogens is 368 g/mol. The van der Waals surface area contributed by atoms with Crippen LogP contribution in [0.2, 0.25) is 0 Å². The number of sulfonamides is 1. The highest BCUT2D eigenvalue weighted by Gasteiger charge is 2.34. The van der Waals surface area contributed by atoms with Gasteiger partial charge >= 0.3 is 0 Å². The summed E-state index contributed by atoms with van der Waals surface area (Å²) in [7, 11) is -3.61. The van der Waals surface area contributed by atoms with E-state index in [1.807, 2.05) is 13.0 Å². The fourth-order valence-electron chi connectivity index (χ4n) is 2.83. The highest BCUT2D eigenvalue weighted by atomic mass is 32.2. The Bertz CT molecular complexity index is 1020. The molecule has 3 heterocycles. The molecular formula is C18H18N4O4S. The first kappa shape index (κ1) is 17.8. The molecule has 1 aromatic carbocycles. The first-order valence-corrected chi connectivity index (χ1v) is 9.90. The van der Waals surface area contributed by atoms with Crippen LogP contribution >= 0.6 is 0 Å². The van der Waals surface area contributed by atoms with E-state index in [0.717, 1.165) is 5.56 Å². The minimum atomic E-state index is -3.61. The van der Waals surface area contributed by atoms with Gasteiger partial charge in [0, 0.05) is 31.0 Å². The lowest BCUT2D eigenvalue weighted by molar-refractivity contribution is -0.0199. The van der Waals surface area contributed by atoms with E-state index < -0.39 is 16.1 Å². The summed E-state index contributed by atoms with van der Waals surface area (Å²) < 4.78 is 38.2. The number of hydrogen-bond donors (Lipinski definition) is 0. The average Bonchev–Trinajstić information content (AvgIpc) is 3.19. The lowest BCUT2D eigenvalue weighted by Crippen LogP contribution is -2.42. The molecule has 4 rings (SSSR count). The summed E-state index contributed by atoms with van der Waals surface area (Å²) in [5, 5.41) is 3.94. The predicted molar refractivity (Wildman–Crippen MR) is 96.2 cm³/mol. The van der Waals surface area contributed by atoms with Gasteiger partial charge in [-0.25, -0.2) is 8.42 Å². The number of nitrogens with zero attached hydrogens (tertiary/aromatic N) is 4. The van der Waals surface area contributed by atoms with Gasteiger partial charge in [-0.3, -0.25) is 4.98 Å². The summed E-state index contributed by atoms with van der Waals surface area (Å²) in [6.45, 7) is 2.55. The average molecular weight is 386 g/mol. The number of aromatic nitrogens is 3. The van der Waals surface area contributed by atoms with Gasteiger partial charge in [0.1, 0.15) is 0 Å². The van der Waals surface area contributed by atoms with Gasteiger partial charge in [0.25, 0.3) is 5.89 Å². The van der Waals surface area contributed by atoms with Crippen LogP contribution < -0.4 is 0 Å². The van der Waals surface area contributed by atoms with Crippen LogP contribution in [0.4, 0.5) is 0 Å². The summed E-state index contributed by atoms with van der Waals surface area (Å²) in [5.41, 5.74) is 1.72. The Morgan fingerprint density at radius 2 is 2.00 bits per heavy atom. The van der Waals surface area contributed by atoms with Gasteiger partial charge in [-0.1, -0.05) is 22.9 Å². The third-order valence-electron chi connectivity index (χ3n) is 4.32. The second-order valence-electron chi connectivity index (χ2n) is 6.23. The maximum absolute atomic E-state index is 12.9. The van der Waals surface area contributed by atoms with E-state index in [1.165, 1.54) is 4.31 Å². The van der Waals surface area contributed by atoms with Crippen molar-refractivity contribution in [3.8, 4) is 11.4 Å². The van der Waals surface area contributed by atoms with Crippen molar-refractivity contribution < 1.29 is 17.7 Å². The van der Waals surface area contributed by atoms with Crippen molar-refractivity contribution in [1.29, 1.82) is 0 Å². The largest absolute Gasteiger partial charge is 0.366 e. The topological polar surface area (TPSA) is 98.4 Å². The van der Waals surface area contributed by atoms with Gasteiger partial charge < -0.3 is 9.26 Å². The summed E-state index contributed by atoms with van der Waals surface area (Å²) in [6.07, 6.45) is 2.67. The van der Waals surface area contributed by atoms with Crippen LogP contribution in [0.15, 0.2) is 58.2 Å². The molecule has 1 atom stereocenters. The maximum Gasteiger partial charge on any atom is 0.257 e. The van der Waals surface area contributed by atoms with E-state index >= 15 is 0 Å². The number of benzene rings is 1. The molecule has 1 saturated heterocycles. The van der Waals surface area contributed by atoms with E-state index in [2.05, 4.69) is 15.1 Å². The van der Waals surface area contributed by atoms with Gasteiger partial charge in [0.05, 0.1) is 11.5 Å². The highest BCUT2D eigenvalue weighted by molar-refractivity contribution is 7.89. The number of hydrogen-bond acceptors (Lipinski definition) is 7. The molecule has 9 heteroatoms. The van der Waals surface area contributed by atoms with Crippen molar-refractivity contribution in [3.63, 3.8) is 0 Å². The molecule has 1 fully saturated rings. The van der Waals surface area contributed by atoms with Crippen LogP contribution in [0.25, 0.3) is 11.4 Å². The number of morpholine rings is 1. The molecule has 2 aromatic heterocycles. The number of rotatable bonds is 4. The molecule has 1 aliphatic heterocycles. The zero-order valence-electron chi connectivity index (χ0n) is 14.6. The second kappa shape index (κ2) is 7.18. The molecule has 0 bridgehead atoms. The normalized spacial score (nSPS) is 18.5. The number of aryl methyl sites for hydroxylation is 1. The van der Waals surface area contributed by atoms with Gasteiger partial charge in [0.15, 0.2) is 6.10 Å². The Morgan fingerprint density at radius 3 is 2.74 bits per heavy atom. The van der Waals surface area contributed by atoms with Crippen LogP contribution in [-0.2, 0) is 14.8 Å². The van der Waals surface area contributed by atoms with E-state index in [0.29, 0.717) is 11.4 Å². The van der Waals surface area contributed by atoms with Crippen LogP contribution in [-0.4, -0.2) is 47.5 Å². The fourth-order valence-corrected chi connectivity index (χ4v) is 4.26. The fraction of sp³-hybridized carbons (Fsp3) is 0.278. The third-order valence-corrected chi connectivity index (χ3v) is 6.20. The Labute approximate surface area is 156 Å². The molecule has 0 saturated carbocycles. The van der Waals surface area contributed by atoms with E-state index in [1.54, 1.807) is 42.7 Å². The molecule has 0 radical (unpaired) electrons. The van der Waals surface area contributed by atoms with Gasteiger partial charge in [-0.15, -0.1) is 0 Å². The second-order valence-corrected chi connectivity index (χ2v) is 8.17. The highest BCUT2D eigenvalue weighted by Crippen LogP contribution is 2.27. The van der Waals surface area contributed by atoms with Crippen LogP contribution in [0, 0.1) is 6.92 Å². The van der Waals surface area contributed by atoms with Crippen molar-refractivity contribution in [2.24, 2.45) is 0 Å². The molecule has 0 spiro atoms. The van der Waals surface area contributed by atoms with Gasteiger partial charge in [-0.2, -0.15) is 9.29 Å². The first-order chi connectivity index (χ1) is 13.0. The smallest absolute Gasteiger partial charge is 0.257 e. The van der Waals surface area contributed by atoms with E-state index in [-0.39, 0.29) is 30.5 Å². The van der Waals surface area contributed by atoms with Crippen molar-refractivity contribution in [3.05, 3.63) is 60.2 Å². The Kier molecular flexibility index (Phi) is 4.73. The molecule has 0 aliphatic carbocycles. The Morgan fingerprint density at radius 1 is 1.19 bits per heavy atom. The Hall–Kier alpha value is -2.62. The SMILES string of the molecule is Cc1ccc(S(=O)(=O)N2CCO[C@H](c3nc(-c4cccnc4)no3)C2)cc1. The molecule has 0 N–H and O–H groups in total. The molecule has 140 valence electrons. The molecule has 3 aromatic rings. The number of ether oxygens (including phenoxy) is 1. The van der Waals surface area contributed by atoms with Crippen molar-refractivity contribution in [2.45, 2.75) is 17.9 Å². The zero-order valence-corrected chi connectivity index (χ0v) is 15.5. The standard InChI is InChI=1S/C18H18N4O4S/c1-13-4-6-15(7-5-13)27(23,24)22-9-10-25-16(12-22)18-20-17(21-26-18)14-3-2-8-19-11-14/h2-8,11,16H,9-10,12H2,1H3/t16-/m0/s1. The zero-order chi connectivity index (χ0) is 18.9. The summed E-state index contributed by atoms with van der Waals surface area (Å²) in [6, 6.07) is 10.4. The first-order valence-electron chi connectivity index (χ1n) is 8.46. The van der Waals surface area contributed by atoms with Crippen LogP contribution in [0.3, 0.4) is 0 Å². The maximum atomic E-state index is 12.9. The van der Waals surface area contributed by atoms with E-state index in [4.69, 9.17) is 9.26 Å². The van der Waals surface area contributed by atoms with Gasteiger partial charge in [-0.05, 0) is 31.2 Å². The summed E-state index contributed by atoms with van der Waals surface area (Å²) >= 11 is 0. The number of pyridine rings is 1.